The van der Waals surface area contributed by atoms with E-state index in [0.29, 0.717) is 17.5 Å². The molecule has 0 spiro atoms. The minimum Gasteiger partial charge on any atom is -0.370 e. The number of hydrogen-bond donors (Lipinski definition) is 12. The van der Waals surface area contributed by atoms with Gasteiger partial charge in [-0.05, 0) is 70.1 Å². The van der Waals surface area contributed by atoms with Crippen molar-refractivity contribution in [3.63, 3.8) is 0 Å². The first-order valence-electron chi connectivity index (χ1n) is 22.0. The van der Waals surface area contributed by atoms with Crippen LogP contribution in [0.15, 0.2) is 65.8 Å². The molecule has 0 saturated carbocycles. The summed E-state index contributed by atoms with van der Waals surface area (Å²) in [5.41, 5.74) is 15.4. The molecule has 0 aliphatic carbocycles. The molecule has 3 aromatic rings. The fourth-order valence-electron chi connectivity index (χ4n) is 7.31. The molecule has 4 unspecified atom stereocenters. The van der Waals surface area contributed by atoms with Gasteiger partial charge in [-0.25, -0.2) is 0 Å². The maximum atomic E-state index is 14.7. The first kappa shape index (κ1) is 52.1. The number of para-hydroxylation sites is 1. The van der Waals surface area contributed by atoms with Gasteiger partial charge in [-0.15, -0.1) is 0 Å². The molecule has 22 heteroatoms. The van der Waals surface area contributed by atoms with E-state index in [1.54, 1.807) is 36.5 Å². The molecule has 1 aliphatic heterocycles. The van der Waals surface area contributed by atoms with E-state index in [-0.39, 0.29) is 57.6 Å². The highest BCUT2D eigenvalue weighted by Crippen LogP contribution is 2.21. The van der Waals surface area contributed by atoms with E-state index in [1.165, 1.54) is 27.7 Å². The third-order valence-corrected chi connectivity index (χ3v) is 11.1. The van der Waals surface area contributed by atoms with Crippen molar-refractivity contribution in [2.45, 2.75) is 114 Å². The Morgan fingerprint density at radius 2 is 1.46 bits per heavy atom. The van der Waals surface area contributed by atoms with Gasteiger partial charge in [0.15, 0.2) is 5.96 Å². The Hall–Kier alpha value is -7.52. The fraction of sp³-hybridized carbons (Fsp3) is 0.467. The lowest BCUT2D eigenvalue weighted by Gasteiger charge is -2.34. The van der Waals surface area contributed by atoms with Crippen LogP contribution in [0.3, 0.4) is 0 Å². The van der Waals surface area contributed by atoms with E-state index in [2.05, 4.69) is 52.5 Å². The lowest BCUT2D eigenvalue weighted by Crippen LogP contribution is -2.65. The van der Waals surface area contributed by atoms with E-state index < -0.39 is 101 Å². The fourth-order valence-corrected chi connectivity index (χ4v) is 7.31. The van der Waals surface area contributed by atoms with Gasteiger partial charge < -0.3 is 64.7 Å². The Balaban J connectivity index is 1.77. The molecule has 2 heterocycles. The van der Waals surface area contributed by atoms with E-state index in [0.717, 1.165) is 10.9 Å². The number of nitrogens with two attached hydrogens (primary N) is 3. The summed E-state index contributed by atoms with van der Waals surface area (Å²) >= 11 is 0. The summed E-state index contributed by atoms with van der Waals surface area (Å²) in [6.45, 7) is 4.97. The predicted molar refractivity (Wildman–Crippen MR) is 248 cm³/mol. The minimum atomic E-state index is -1.79. The number of amides is 9. The molecule has 67 heavy (non-hydrogen) atoms. The molecule has 5 atom stereocenters. The van der Waals surface area contributed by atoms with Gasteiger partial charge in [0.25, 0.3) is 0 Å². The summed E-state index contributed by atoms with van der Waals surface area (Å²) in [5, 5.41) is 21.7. The topological polar surface area (TPSA) is 356 Å². The number of aliphatic imine (C=N–C) groups is 1. The molecular weight excluding hydrogens is 867 g/mol. The highest BCUT2D eigenvalue weighted by atomic mass is 16.2. The minimum absolute atomic E-state index is 0.0480. The van der Waals surface area contributed by atoms with Crippen LogP contribution < -0.4 is 59.7 Å². The molecule has 15 N–H and O–H groups in total. The van der Waals surface area contributed by atoms with Gasteiger partial charge in [0.2, 0.25) is 53.2 Å². The molecule has 1 aromatic heterocycles. The van der Waals surface area contributed by atoms with Gasteiger partial charge in [0.1, 0.15) is 35.2 Å². The second kappa shape index (κ2) is 24.1. The molecule has 0 bridgehead atoms. The monoisotopic (exact) mass is 929 g/mol. The Kier molecular flexibility index (Phi) is 18.8. The smallest absolute Gasteiger partial charge is 0.246 e. The highest BCUT2D eigenvalue weighted by molar-refractivity contribution is 6.00. The first-order chi connectivity index (χ1) is 31.7. The number of nitrogens with zero attached hydrogens (tertiary/aromatic N) is 1. The molecular formula is C45H63N13O9. The van der Waals surface area contributed by atoms with E-state index in [1.807, 2.05) is 24.3 Å². The molecule has 362 valence electrons. The zero-order valence-corrected chi connectivity index (χ0v) is 38.2. The third kappa shape index (κ3) is 16.1. The molecule has 22 nitrogen and oxygen atoms in total. The molecule has 1 saturated heterocycles. The third-order valence-electron chi connectivity index (χ3n) is 11.1. The summed E-state index contributed by atoms with van der Waals surface area (Å²) in [5.74, 6) is -7.15. The summed E-state index contributed by atoms with van der Waals surface area (Å²) in [6, 6.07) is 10.6. The predicted octanol–water partition coefficient (Wildman–Crippen LogP) is -1.97. The number of carbonyl (C=O) groups excluding carboxylic acids is 9. The molecule has 2 aromatic carbocycles. The van der Waals surface area contributed by atoms with Crippen LogP contribution >= 0.6 is 0 Å². The van der Waals surface area contributed by atoms with Crippen LogP contribution in [0.25, 0.3) is 10.9 Å². The number of aromatic nitrogens is 1. The van der Waals surface area contributed by atoms with Crippen molar-refractivity contribution in [1.82, 2.24) is 47.5 Å². The van der Waals surface area contributed by atoms with Crippen molar-refractivity contribution < 1.29 is 43.2 Å². The van der Waals surface area contributed by atoms with Crippen molar-refractivity contribution in [3.05, 3.63) is 71.9 Å². The number of guanidine groups is 1. The SMILES string of the molecule is CC(=O)NCC(=O)NC1CC(=O)NCCCCC(C(N)=O)NC(=O)[C@H](Cc2c[nH]c3ccccc23)NC(=O)C(C)(CCCN=C(N)N)NC(=O)C(Cc2ccccc2)NC(=O)C(C)(C)NC1=O. The van der Waals surface area contributed by atoms with Crippen molar-refractivity contribution in [3.8, 4) is 0 Å². The number of carbonyl (C=O) groups is 9. The second-order valence-electron chi connectivity index (χ2n) is 17.2. The first-order valence-corrected chi connectivity index (χ1v) is 22.0. The Morgan fingerprint density at radius 3 is 2.15 bits per heavy atom. The van der Waals surface area contributed by atoms with E-state index >= 15 is 0 Å². The normalized spacial score (nSPS) is 22.6. The molecule has 1 fully saturated rings. The van der Waals surface area contributed by atoms with Crippen LogP contribution in [0.4, 0.5) is 0 Å². The van der Waals surface area contributed by atoms with Crippen LogP contribution in [-0.4, -0.2) is 119 Å². The number of fused-ring (bicyclic) bond motifs is 1. The largest absolute Gasteiger partial charge is 0.370 e. The standard InChI is InChI=1S/C45H63N13O9/c1-26(59)51-25-36(61)53-34-23-35(60)49-19-11-10-17-31(37(46)62)54-38(63)33(22-28-24-52-30-16-9-8-15-29(28)30)56-42(67)45(4,18-12-20-50-43(47)48)58-40(65)32(21-27-13-6-5-7-14-27)55-41(66)44(2,3)57-39(34)64/h5-9,13-16,24,31-34,52H,10-12,17-23,25H2,1-4H3,(H2,46,62)(H,49,60)(H,51,59)(H,53,61)(H,54,63)(H,55,66)(H,56,67)(H,57,64)(H,58,65)(H4,47,48,50)/t31?,32?,33-,34?,45?/m0/s1. The number of rotatable bonds is 12. The van der Waals surface area contributed by atoms with Gasteiger partial charge in [0.05, 0.1) is 13.0 Å². The van der Waals surface area contributed by atoms with Gasteiger partial charge >= 0.3 is 0 Å². The zero-order valence-electron chi connectivity index (χ0n) is 38.2. The van der Waals surface area contributed by atoms with E-state index in [4.69, 9.17) is 17.2 Å². The van der Waals surface area contributed by atoms with Gasteiger partial charge in [-0.3, -0.25) is 48.1 Å². The average Bonchev–Trinajstić information content (AvgIpc) is 3.67. The Morgan fingerprint density at radius 1 is 0.791 bits per heavy atom. The van der Waals surface area contributed by atoms with Crippen molar-refractivity contribution in [2.75, 3.05) is 19.6 Å². The molecule has 9 amide bonds. The summed E-state index contributed by atoms with van der Waals surface area (Å²) in [7, 11) is 0. The lowest BCUT2D eigenvalue weighted by molar-refractivity contribution is -0.139. The highest BCUT2D eigenvalue weighted by Gasteiger charge is 2.41. The number of aromatic amines is 1. The lowest BCUT2D eigenvalue weighted by atomic mass is 9.92. The van der Waals surface area contributed by atoms with Crippen LogP contribution in [0, 0.1) is 0 Å². The Labute approximate surface area is 387 Å². The number of hydrogen-bond acceptors (Lipinski definition) is 10. The van der Waals surface area contributed by atoms with Gasteiger partial charge in [-0.1, -0.05) is 48.5 Å². The quantitative estimate of drug-likeness (QED) is 0.0537. The van der Waals surface area contributed by atoms with Crippen molar-refractivity contribution >= 4 is 70.0 Å². The zero-order chi connectivity index (χ0) is 49.3. The second-order valence-corrected chi connectivity index (χ2v) is 17.2. The molecule has 0 radical (unpaired) electrons. The summed E-state index contributed by atoms with van der Waals surface area (Å²) in [6.07, 6.45) is 1.70. The number of nitrogens with one attached hydrogen (secondary N) is 9. The number of benzene rings is 2. The van der Waals surface area contributed by atoms with Crippen LogP contribution in [0.1, 0.15) is 77.3 Å². The molecule has 4 rings (SSSR count). The van der Waals surface area contributed by atoms with Crippen LogP contribution in [0.5, 0.6) is 0 Å². The maximum Gasteiger partial charge on any atom is 0.246 e. The number of H-pyrrole nitrogens is 1. The van der Waals surface area contributed by atoms with Crippen molar-refractivity contribution in [1.29, 1.82) is 0 Å². The van der Waals surface area contributed by atoms with Crippen LogP contribution in [-0.2, 0) is 56.0 Å². The summed E-state index contributed by atoms with van der Waals surface area (Å²) < 4.78 is 0. The average molecular weight is 930 g/mol. The van der Waals surface area contributed by atoms with Crippen LogP contribution in [0.2, 0.25) is 0 Å². The Bertz CT molecular complexity index is 2310. The maximum absolute atomic E-state index is 14.7. The van der Waals surface area contributed by atoms with E-state index in [9.17, 15) is 43.2 Å². The van der Waals surface area contributed by atoms with Crippen molar-refractivity contribution in [2.24, 2.45) is 22.2 Å². The van der Waals surface area contributed by atoms with Gasteiger partial charge in [0, 0.05) is 50.0 Å². The van der Waals surface area contributed by atoms with Gasteiger partial charge in [-0.2, -0.15) is 0 Å². The summed E-state index contributed by atoms with van der Waals surface area (Å²) in [4.78, 5) is 129. The number of primary amides is 1. The molecule has 1 aliphatic rings.